The highest BCUT2D eigenvalue weighted by atomic mass is 32.2. The zero-order valence-electron chi connectivity index (χ0n) is 13.9. The lowest BCUT2D eigenvalue weighted by molar-refractivity contribution is -0.115. The van der Waals surface area contributed by atoms with Crippen molar-refractivity contribution in [1.82, 2.24) is 4.31 Å². The van der Waals surface area contributed by atoms with Crippen LogP contribution in [-0.2, 0) is 21.2 Å². The number of nitrogens with one attached hydrogen (secondary N) is 1. The van der Waals surface area contributed by atoms with E-state index >= 15 is 0 Å². The second-order valence-corrected chi connectivity index (χ2v) is 7.88. The lowest BCUT2D eigenvalue weighted by Gasteiger charge is -2.11. The first-order chi connectivity index (χ1) is 11.9. The van der Waals surface area contributed by atoms with E-state index in [0.717, 1.165) is 9.87 Å². The van der Waals surface area contributed by atoms with Crippen LogP contribution >= 0.6 is 0 Å². The van der Waals surface area contributed by atoms with Crippen molar-refractivity contribution in [3.05, 3.63) is 48.0 Å². The summed E-state index contributed by atoms with van der Waals surface area (Å²) in [7, 11) is -0.521. The summed E-state index contributed by atoms with van der Waals surface area (Å²) in [6.45, 7) is 0.176. The molecule has 8 heteroatoms. The van der Waals surface area contributed by atoms with Crippen molar-refractivity contribution in [2.24, 2.45) is 0 Å². The summed E-state index contributed by atoms with van der Waals surface area (Å²) in [5, 5.41) is 2.78. The Morgan fingerprint density at radius 1 is 1.08 bits per heavy atom. The third-order valence-corrected chi connectivity index (χ3v) is 5.55. The number of rotatable bonds is 5. The smallest absolute Gasteiger partial charge is 0.242 e. The molecule has 1 aliphatic heterocycles. The highest BCUT2D eigenvalue weighted by Crippen LogP contribution is 2.34. The van der Waals surface area contributed by atoms with Gasteiger partial charge >= 0.3 is 0 Å². The summed E-state index contributed by atoms with van der Waals surface area (Å²) >= 11 is 0. The molecule has 1 heterocycles. The van der Waals surface area contributed by atoms with Crippen LogP contribution in [0.15, 0.2) is 47.4 Å². The number of carbonyl (C=O) groups excluding carboxylic acids is 1. The van der Waals surface area contributed by atoms with Gasteiger partial charge in [-0.05, 0) is 29.8 Å². The van der Waals surface area contributed by atoms with E-state index in [-0.39, 0.29) is 24.0 Å². The van der Waals surface area contributed by atoms with Crippen LogP contribution in [0.1, 0.15) is 5.56 Å². The van der Waals surface area contributed by atoms with E-state index in [4.69, 9.17) is 9.47 Å². The van der Waals surface area contributed by atoms with Gasteiger partial charge in [0.05, 0.1) is 11.3 Å². The van der Waals surface area contributed by atoms with Gasteiger partial charge in [0.2, 0.25) is 22.7 Å². The molecule has 0 aromatic heterocycles. The van der Waals surface area contributed by atoms with E-state index in [2.05, 4.69) is 5.32 Å². The second-order valence-electron chi connectivity index (χ2n) is 5.72. The maximum atomic E-state index is 12.2. The summed E-state index contributed by atoms with van der Waals surface area (Å²) in [5.74, 6) is 1.04. The largest absolute Gasteiger partial charge is 0.454 e. The molecule has 0 saturated heterocycles. The van der Waals surface area contributed by atoms with Crippen LogP contribution in [0.2, 0.25) is 0 Å². The minimum Gasteiger partial charge on any atom is -0.454 e. The average molecular weight is 362 g/mol. The summed E-state index contributed by atoms with van der Waals surface area (Å²) in [5.41, 5.74) is 1.33. The molecule has 25 heavy (non-hydrogen) atoms. The Kier molecular flexibility index (Phi) is 4.65. The Morgan fingerprint density at radius 2 is 1.76 bits per heavy atom. The topological polar surface area (TPSA) is 84.9 Å². The number of amides is 1. The number of fused-ring (bicyclic) bond motifs is 1. The Bertz CT molecular complexity index is 892. The van der Waals surface area contributed by atoms with Gasteiger partial charge in [-0.1, -0.05) is 12.1 Å². The van der Waals surface area contributed by atoms with Crippen molar-refractivity contribution in [3.63, 3.8) is 0 Å². The predicted molar refractivity (Wildman–Crippen MR) is 92.2 cm³/mol. The highest BCUT2D eigenvalue weighted by Gasteiger charge is 2.17. The molecule has 1 aliphatic rings. The maximum absolute atomic E-state index is 12.2. The zero-order chi connectivity index (χ0) is 18.0. The van der Waals surface area contributed by atoms with Crippen molar-refractivity contribution in [1.29, 1.82) is 0 Å². The predicted octanol–water partition coefficient (Wildman–Crippen LogP) is 1.85. The number of hydrogen-bond acceptors (Lipinski definition) is 5. The van der Waals surface area contributed by atoms with Crippen molar-refractivity contribution in [3.8, 4) is 11.5 Å². The molecular weight excluding hydrogens is 344 g/mol. The molecule has 0 unspecified atom stereocenters. The number of anilines is 1. The second kappa shape index (κ2) is 6.73. The van der Waals surface area contributed by atoms with Crippen LogP contribution in [-0.4, -0.2) is 39.5 Å². The molecule has 132 valence electrons. The molecule has 1 N–H and O–H groups in total. The molecule has 0 atom stereocenters. The van der Waals surface area contributed by atoms with Gasteiger partial charge in [0.1, 0.15) is 0 Å². The minimum absolute atomic E-state index is 0.136. The number of carbonyl (C=O) groups is 1. The summed E-state index contributed by atoms with van der Waals surface area (Å²) in [6.07, 6.45) is 0.136. The Balaban J connectivity index is 1.65. The van der Waals surface area contributed by atoms with Gasteiger partial charge in [-0.25, -0.2) is 12.7 Å². The van der Waals surface area contributed by atoms with Gasteiger partial charge in [0, 0.05) is 25.8 Å². The van der Waals surface area contributed by atoms with E-state index in [1.165, 1.54) is 26.2 Å². The van der Waals surface area contributed by atoms with Gasteiger partial charge in [0.25, 0.3) is 0 Å². The number of nitrogens with zero attached hydrogens (tertiary/aromatic N) is 1. The molecule has 2 aromatic carbocycles. The number of hydrogen-bond donors (Lipinski definition) is 1. The third kappa shape index (κ3) is 3.75. The summed E-state index contributed by atoms with van der Waals surface area (Å²) < 4.78 is 35.7. The van der Waals surface area contributed by atoms with Crippen LogP contribution in [0, 0.1) is 0 Å². The first-order valence-electron chi connectivity index (χ1n) is 7.57. The molecule has 3 rings (SSSR count). The Hall–Kier alpha value is -2.58. The fourth-order valence-corrected chi connectivity index (χ4v) is 3.26. The molecule has 0 fully saturated rings. The molecular formula is C17H18N2O5S. The standard InChI is InChI=1S/C17H18N2O5S/c1-19(2)25(21,22)14-6-3-12(4-7-14)9-17(20)18-13-5-8-15-16(10-13)24-11-23-15/h3-8,10H,9,11H2,1-2H3,(H,18,20). The summed E-state index contributed by atoms with van der Waals surface area (Å²) in [4.78, 5) is 12.4. The number of sulfonamides is 1. The molecule has 0 aliphatic carbocycles. The van der Waals surface area contributed by atoms with Crippen LogP contribution in [0.5, 0.6) is 11.5 Å². The third-order valence-electron chi connectivity index (χ3n) is 3.72. The van der Waals surface area contributed by atoms with Crippen LogP contribution in [0.4, 0.5) is 5.69 Å². The number of ether oxygens (including phenoxy) is 2. The van der Waals surface area contributed by atoms with Crippen molar-refractivity contribution in [2.45, 2.75) is 11.3 Å². The summed E-state index contributed by atoms with van der Waals surface area (Å²) in [6, 6.07) is 11.4. The molecule has 1 amide bonds. The molecule has 7 nitrogen and oxygen atoms in total. The zero-order valence-corrected chi connectivity index (χ0v) is 14.7. The molecule has 0 saturated carbocycles. The molecule has 0 radical (unpaired) electrons. The van der Waals surface area contributed by atoms with Crippen molar-refractivity contribution < 1.29 is 22.7 Å². The fourth-order valence-electron chi connectivity index (χ4n) is 2.35. The molecule has 2 aromatic rings. The van der Waals surface area contributed by atoms with E-state index in [1.807, 2.05) is 0 Å². The van der Waals surface area contributed by atoms with Gasteiger partial charge in [-0.2, -0.15) is 0 Å². The van der Waals surface area contributed by atoms with Crippen molar-refractivity contribution >= 4 is 21.6 Å². The van der Waals surface area contributed by atoms with Gasteiger partial charge in [-0.3, -0.25) is 4.79 Å². The van der Waals surface area contributed by atoms with Crippen molar-refractivity contribution in [2.75, 3.05) is 26.2 Å². The van der Waals surface area contributed by atoms with Gasteiger partial charge < -0.3 is 14.8 Å². The van der Waals surface area contributed by atoms with Crippen LogP contribution < -0.4 is 14.8 Å². The SMILES string of the molecule is CN(C)S(=O)(=O)c1ccc(CC(=O)Nc2ccc3c(c2)OCO3)cc1. The average Bonchev–Trinajstić information content (AvgIpc) is 3.02. The quantitative estimate of drug-likeness (QED) is 0.877. The lowest BCUT2D eigenvalue weighted by Crippen LogP contribution is -2.22. The monoisotopic (exact) mass is 362 g/mol. The number of benzene rings is 2. The molecule has 0 spiro atoms. The first-order valence-corrected chi connectivity index (χ1v) is 9.01. The Labute approximate surface area is 146 Å². The fraction of sp³-hybridized carbons (Fsp3) is 0.235. The van der Waals surface area contributed by atoms with Gasteiger partial charge in [0.15, 0.2) is 11.5 Å². The van der Waals surface area contributed by atoms with Gasteiger partial charge in [-0.15, -0.1) is 0 Å². The van der Waals surface area contributed by atoms with E-state index < -0.39 is 10.0 Å². The first kappa shape index (κ1) is 17.2. The minimum atomic E-state index is -3.47. The van der Waals surface area contributed by atoms with E-state index in [0.29, 0.717) is 17.2 Å². The molecule has 0 bridgehead atoms. The normalized spacial score (nSPS) is 13.1. The van der Waals surface area contributed by atoms with Crippen LogP contribution in [0.3, 0.4) is 0 Å². The van der Waals surface area contributed by atoms with E-state index in [9.17, 15) is 13.2 Å². The van der Waals surface area contributed by atoms with Crippen LogP contribution in [0.25, 0.3) is 0 Å². The highest BCUT2D eigenvalue weighted by molar-refractivity contribution is 7.89. The van der Waals surface area contributed by atoms with E-state index in [1.54, 1.807) is 30.3 Å². The maximum Gasteiger partial charge on any atom is 0.242 e. The lowest BCUT2D eigenvalue weighted by atomic mass is 10.1. The Morgan fingerprint density at radius 3 is 2.44 bits per heavy atom.